The number of nitrogens with one attached hydrogen (secondary N) is 1. The molecule has 3 N–H and O–H groups in total. The summed E-state index contributed by atoms with van der Waals surface area (Å²) in [5.41, 5.74) is 9.17. The quantitative estimate of drug-likeness (QED) is 0.778. The van der Waals surface area contributed by atoms with E-state index in [1.807, 2.05) is 12.1 Å². The molecular weight excluding hydrogens is 208 g/mol. The summed E-state index contributed by atoms with van der Waals surface area (Å²) in [6.45, 7) is 5.55. The highest BCUT2D eigenvalue weighted by Crippen LogP contribution is 2.29. The van der Waals surface area contributed by atoms with Crippen LogP contribution in [0.3, 0.4) is 0 Å². The van der Waals surface area contributed by atoms with Crippen LogP contribution in [0.2, 0.25) is 0 Å². The van der Waals surface area contributed by atoms with Crippen LogP contribution in [0.5, 0.6) is 0 Å². The van der Waals surface area contributed by atoms with Crippen LogP contribution in [0, 0.1) is 18.8 Å². The van der Waals surface area contributed by atoms with Crippen LogP contribution in [-0.2, 0) is 0 Å². The summed E-state index contributed by atoms with van der Waals surface area (Å²) in [5.74, 6) is 1.73. The summed E-state index contributed by atoms with van der Waals surface area (Å²) in [6, 6.07) is 6.11. The average molecular weight is 232 g/mol. The second kappa shape index (κ2) is 5.44. The number of anilines is 2. The van der Waals surface area contributed by atoms with Gasteiger partial charge >= 0.3 is 0 Å². The molecule has 1 aromatic carbocycles. The van der Waals surface area contributed by atoms with Gasteiger partial charge in [-0.3, -0.25) is 0 Å². The Morgan fingerprint density at radius 1 is 1.35 bits per heavy atom. The fourth-order valence-corrected chi connectivity index (χ4v) is 2.84. The zero-order valence-corrected chi connectivity index (χ0v) is 11.0. The predicted octanol–water partition coefficient (Wildman–Crippen LogP) is 3.82. The topological polar surface area (TPSA) is 38.0 Å². The predicted molar refractivity (Wildman–Crippen MR) is 75.2 cm³/mol. The first-order chi connectivity index (χ1) is 8.16. The van der Waals surface area contributed by atoms with Crippen molar-refractivity contribution in [1.82, 2.24) is 0 Å². The fourth-order valence-electron chi connectivity index (χ4n) is 2.84. The standard InChI is InChI=1S/C15H24N2/c1-11-5-3-6-13(9-11)10-17-15-8-4-7-14(16)12(15)2/h4,7-8,11,13,17H,3,5-6,9-10,16H2,1-2H3. The van der Waals surface area contributed by atoms with Gasteiger partial charge in [0, 0.05) is 17.9 Å². The highest BCUT2D eigenvalue weighted by molar-refractivity contribution is 5.62. The van der Waals surface area contributed by atoms with Crippen molar-refractivity contribution in [2.45, 2.75) is 39.5 Å². The smallest absolute Gasteiger partial charge is 0.0390 e. The molecule has 0 amide bonds. The number of rotatable bonds is 3. The molecule has 2 nitrogen and oxygen atoms in total. The number of hydrogen-bond donors (Lipinski definition) is 2. The van der Waals surface area contributed by atoms with Crippen molar-refractivity contribution in [3.8, 4) is 0 Å². The first kappa shape index (κ1) is 12.3. The highest BCUT2D eigenvalue weighted by atomic mass is 14.9. The van der Waals surface area contributed by atoms with Gasteiger partial charge in [0.1, 0.15) is 0 Å². The number of benzene rings is 1. The zero-order chi connectivity index (χ0) is 12.3. The van der Waals surface area contributed by atoms with E-state index < -0.39 is 0 Å². The summed E-state index contributed by atoms with van der Waals surface area (Å²) in [4.78, 5) is 0. The summed E-state index contributed by atoms with van der Waals surface area (Å²) >= 11 is 0. The summed E-state index contributed by atoms with van der Waals surface area (Å²) in [7, 11) is 0. The van der Waals surface area contributed by atoms with E-state index in [9.17, 15) is 0 Å². The van der Waals surface area contributed by atoms with Crippen molar-refractivity contribution in [2.24, 2.45) is 11.8 Å². The van der Waals surface area contributed by atoms with Crippen molar-refractivity contribution in [2.75, 3.05) is 17.6 Å². The molecule has 1 aliphatic rings. The molecule has 0 heterocycles. The van der Waals surface area contributed by atoms with Gasteiger partial charge < -0.3 is 11.1 Å². The molecule has 0 spiro atoms. The minimum Gasteiger partial charge on any atom is -0.398 e. The second-order valence-corrected chi connectivity index (χ2v) is 5.54. The molecule has 0 radical (unpaired) electrons. The van der Waals surface area contributed by atoms with Crippen LogP contribution < -0.4 is 11.1 Å². The molecule has 1 aromatic rings. The van der Waals surface area contributed by atoms with Crippen molar-refractivity contribution >= 4 is 11.4 Å². The largest absolute Gasteiger partial charge is 0.398 e. The van der Waals surface area contributed by atoms with Gasteiger partial charge in [-0.25, -0.2) is 0 Å². The van der Waals surface area contributed by atoms with Gasteiger partial charge in [0.15, 0.2) is 0 Å². The maximum Gasteiger partial charge on any atom is 0.0390 e. The summed E-state index contributed by atoms with van der Waals surface area (Å²) in [5, 5.41) is 3.56. The number of nitrogen functional groups attached to an aromatic ring is 1. The Morgan fingerprint density at radius 3 is 2.94 bits per heavy atom. The zero-order valence-electron chi connectivity index (χ0n) is 11.0. The molecule has 0 aliphatic heterocycles. The van der Waals surface area contributed by atoms with Gasteiger partial charge in [0.2, 0.25) is 0 Å². The lowest BCUT2D eigenvalue weighted by Crippen LogP contribution is -2.21. The van der Waals surface area contributed by atoms with Gasteiger partial charge in [0.25, 0.3) is 0 Å². The van der Waals surface area contributed by atoms with Crippen LogP contribution >= 0.6 is 0 Å². The van der Waals surface area contributed by atoms with E-state index in [-0.39, 0.29) is 0 Å². The molecule has 2 unspecified atom stereocenters. The van der Waals surface area contributed by atoms with E-state index in [1.54, 1.807) is 0 Å². The third-order valence-corrected chi connectivity index (χ3v) is 4.00. The maximum atomic E-state index is 5.91. The van der Waals surface area contributed by atoms with E-state index in [4.69, 9.17) is 5.73 Å². The van der Waals surface area contributed by atoms with Gasteiger partial charge in [-0.2, -0.15) is 0 Å². The van der Waals surface area contributed by atoms with Crippen molar-refractivity contribution in [3.63, 3.8) is 0 Å². The van der Waals surface area contributed by atoms with Crippen LogP contribution in [0.15, 0.2) is 18.2 Å². The van der Waals surface area contributed by atoms with Crippen LogP contribution in [0.25, 0.3) is 0 Å². The Bertz CT molecular complexity index is 373. The fraction of sp³-hybridized carbons (Fsp3) is 0.600. The lowest BCUT2D eigenvalue weighted by molar-refractivity contribution is 0.293. The minimum atomic E-state index is 0.833. The van der Waals surface area contributed by atoms with E-state index in [1.165, 1.54) is 36.9 Å². The molecule has 2 atom stereocenters. The van der Waals surface area contributed by atoms with Crippen LogP contribution in [0.1, 0.15) is 38.2 Å². The van der Waals surface area contributed by atoms with Gasteiger partial charge in [-0.05, 0) is 49.3 Å². The molecule has 94 valence electrons. The molecule has 1 aliphatic carbocycles. The first-order valence-corrected chi connectivity index (χ1v) is 6.75. The Hall–Kier alpha value is -1.18. The van der Waals surface area contributed by atoms with Gasteiger partial charge in [-0.1, -0.05) is 25.8 Å². The Kier molecular flexibility index (Phi) is 3.93. The van der Waals surface area contributed by atoms with E-state index >= 15 is 0 Å². The van der Waals surface area contributed by atoms with Crippen molar-refractivity contribution in [1.29, 1.82) is 0 Å². The normalized spacial score (nSPS) is 24.6. The van der Waals surface area contributed by atoms with Crippen molar-refractivity contribution in [3.05, 3.63) is 23.8 Å². The third kappa shape index (κ3) is 3.15. The number of nitrogens with two attached hydrogens (primary N) is 1. The Labute approximate surface area is 105 Å². The molecule has 0 aromatic heterocycles. The molecular formula is C15H24N2. The van der Waals surface area contributed by atoms with Gasteiger partial charge in [-0.15, -0.1) is 0 Å². The molecule has 0 bridgehead atoms. The summed E-state index contributed by atoms with van der Waals surface area (Å²) in [6.07, 6.45) is 5.55. The lowest BCUT2D eigenvalue weighted by atomic mass is 9.82. The SMILES string of the molecule is Cc1c(N)cccc1NCC1CCCC(C)C1. The Balaban J connectivity index is 1.91. The molecule has 1 saturated carbocycles. The van der Waals surface area contributed by atoms with Gasteiger partial charge in [0.05, 0.1) is 0 Å². The second-order valence-electron chi connectivity index (χ2n) is 5.54. The maximum absolute atomic E-state index is 5.91. The first-order valence-electron chi connectivity index (χ1n) is 6.75. The van der Waals surface area contributed by atoms with E-state index in [0.29, 0.717) is 0 Å². The molecule has 2 heteroatoms. The lowest BCUT2D eigenvalue weighted by Gasteiger charge is -2.27. The van der Waals surface area contributed by atoms with E-state index in [2.05, 4.69) is 25.2 Å². The molecule has 2 rings (SSSR count). The molecule has 17 heavy (non-hydrogen) atoms. The van der Waals surface area contributed by atoms with Crippen LogP contribution in [-0.4, -0.2) is 6.54 Å². The van der Waals surface area contributed by atoms with E-state index in [0.717, 1.165) is 24.1 Å². The van der Waals surface area contributed by atoms with Crippen LogP contribution in [0.4, 0.5) is 11.4 Å². The van der Waals surface area contributed by atoms with Crippen molar-refractivity contribution < 1.29 is 0 Å². The molecule has 1 fully saturated rings. The third-order valence-electron chi connectivity index (χ3n) is 4.00. The molecule has 0 saturated heterocycles. The Morgan fingerprint density at radius 2 is 2.18 bits per heavy atom. The number of hydrogen-bond acceptors (Lipinski definition) is 2. The summed E-state index contributed by atoms with van der Waals surface area (Å²) < 4.78 is 0. The highest BCUT2D eigenvalue weighted by Gasteiger charge is 2.18. The minimum absolute atomic E-state index is 0.833. The average Bonchev–Trinajstić information content (AvgIpc) is 2.31. The monoisotopic (exact) mass is 232 g/mol.